The van der Waals surface area contributed by atoms with Gasteiger partial charge in [-0.25, -0.2) is 15.0 Å². The molecular formula is C24H28N6O2S. The number of aromatic nitrogens is 3. The van der Waals surface area contributed by atoms with Crippen LogP contribution in [-0.4, -0.2) is 65.0 Å². The van der Waals surface area contributed by atoms with Crippen molar-refractivity contribution in [3.05, 3.63) is 70.4 Å². The summed E-state index contributed by atoms with van der Waals surface area (Å²) in [5, 5.41) is 5.99. The lowest BCUT2D eigenvalue weighted by molar-refractivity contribution is -0.116. The van der Waals surface area contributed by atoms with E-state index in [0.29, 0.717) is 13.2 Å². The van der Waals surface area contributed by atoms with E-state index in [1.807, 2.05) is 42.6 Å². The number of carbonyl (C=O) groups is 1. The highest BCUT2D eigenvalue weighted by Gasteiger charge is 2.18. The van der Waals surface area contributed by atoms with Gasteiger partial charge < -0.3 is 15.0 Å². The number of anilines is 1. The van der Waals surface area contributed by atoms with Gasteiger partial charge in [0.05, 0.1) is 10.7 Å². The van der Waals surface area contributed by atoms with Gasteiger partial charge in [-0.2, -0.15) is 0 Å². The van der Waals surface area contributed by atoms with Gasteiger partial charge in [-0.15, -0.1) is 11.3 Å². The summed E-state index contributed by atoms with van der Waals surface area (Å²) in [6, 6.07) is 9.50. The molecule has 0 radical (unpaired) electrons. The second kappa shape index (κ2) is 11.5. The lowest BCUT2D eigenvalue weighted by atomic mass is 10.2. The molecule has 1 fully saturated rings. The van der Waals surface area contributed by atoms with Crippen LogP contribution in [0.25, 0.3) is 6.08 Å². The van der Waals surface area contributed by atoms with Gasteiger partial charge in [0.25, 0.3) is 0 Å². The molecule has 1 saturated heterocycles. The Balaban J connectivity index is 1.16. The molecule has 33 heavy (non-hydrogen) atoms. The minimum absolute atomic E-state index is 0.101. The number of benzene rings is 1. The SMILES string of the molecule is Cc1nc(COc2cccc(/C=C/C(=O)NCCN3CCN(c4ncccn4)CC3)c2)cs1. The van der Waals surface area contributed by atoms with Gasteiger partial charge in [0, 0.05) is 63.1 Å². The Kier molecular flexibility index (Phi) is 7.99. The Labute approximate surface area is 198 Å². The van der Waals surface area contributed by atoms with Crippen LogP contribution in [0.15, 0.2) is 54.2 Å². The largest absolute Gasteiger partial charge is 0.487 e. The molecule has 0 aliphatic carbocycles. The Morgan fingerprint density at radius 1 is 1.18 bits per heavy atom. The number of nitrogens with one attached hydrogen (secondary N) is 1. The van der Waals surface area contributed by atoms with Crippen molar-refractivity contribution >= 4 is 29.3 Å². The number of rotatable bonds is 9. The maximum absolute atomic E-state index is 12.2. The molecule has 0 unspecified atom stereocenters. The third kappa shape index (κ3) is 7.10. The summed E-state index contributed by atoms with van der Waals surface area (Å²) in [7, 11) is 0. The lowest BCUT2D eigenvalue weighted by Crippen LogP contribution is -2.48. The van der Waals surface area contributed by atoms with Crippen molar-refractivity contribution < 1.29 is 9.53 Å². The molecule has 1 aliphatic rings. The van der Waals surface area contributed by atoms with Crippen molar-refractivity contribution in [3.8, 4) is 5.75 Å². The van der Waals surface area contributed by atoms with Crippen LogP contribution in [0.3, 0.4) is 0 Å². The number of hydrogen-bond donors (Lipinski definition) is 1. The van der Waals surface area contributed by atoms with E-state index in [0.717, 1.165) is 60.7 Å². The quantitative estimate of drug-likeness (QED) is 0.488. The summed E-state index contributed by atoms with van der Waals surface area (Å²) in [6.07, 6.45) is 6.90. The van der Waals surface area contributed by atoms with Gasteiger partial charge in [0.2, 0.25) is 11.9 Å². The molecule has 0 spiro atoms. The number of nitrogens with zero attached hydrogens (tertiary/aromatic N) is 5. The zero-order chi connectivity index (χ0) is 22.9. The fraction of sp³-hybridized carbons (Fsp3) is 0.333. The predicted molar refractivity (Wildman–Crippen MR) is 130 cm³/mol. The Morgan fingerprint density at radius 2 is 2.00 bits per heavy atom. The summed E-state index contributed by atoms with van der Waals surface area (Å²) in [6.45, 7) is 7.48. The molecule has 0 atom stereocenters. The van der Waals surface area contributed by atoms with Crippen molar-refractivity contribution in [2.24, 2.45) is 0 Å². The molecule has 172 valence electrons. The van der Waals surface area contributed by atoms with Crippen molar-refractivity contribution in [2.75, 3.05) is 44.2 Å². The fourth-order valence-electron chi connectivity index (χ4n) is 3.53. The number of hydrogen-bond acceptors (Lipinski definition) is 8. The highest BCUT2D eigenvalue weighted by molar-refractivity contribution is 7.09. The molecule has 1 aliphatic heterocycles. The second-order valence-electron chi connectivity index (χ2n) is 7.72. The van der Waals surface area contributed by atoms with Crippen LogP contribution in [0.5, 0.6) is 5.75 Å². The molecule has 3 heterocycles. The molecule has 0 saturated carbocycles. The highest BCUT2D eigenvalue weighted by atomic mass is 32.1. The minimum Gasteiger partial charge on any atom is -0.487 e. The van der Waals surface area contributed by atoms with Gasteiger partial charge in [-0.1, -0.05) is 12.1 Å². The van der Waals surface area contributed by atoms with Crippen LogP contribution in [-0.2, 0) is 11.4 Å². The molecule has 0 bridgehead atoms. The van der Waals surface area contributed by atoms with E-state index in [9.17, 15) is 4.79 Å². The number of thiazole rings is 1. The van der Waals surface area contributed by atoms with Crippen molar-refractivity contribution in [1.29, 1.82) is 0 Å². The Hall–Kier alpha value is -3.30. The molecule has 9 heteroatoms. The van der Waals surface area contributed by atoms with Gasteiger partial charge in [-0.05, 0) is 36.8 Å². The van der Waals surface area contributed by atoms with Crippen LogP contribution < -0.4 is 15.0 Å². The first-order valence-corrected chi connectivity index (χ1v) is 11.9. The third-order valence-corrected chi connectivity index (χ3v) is 6.10. The van der Waals surface area contributed by atoms with Gasteiger partial charge in [-0.3, -0.25) is 9.69 Å². The van der Waals surface area contributed by atoms with E-state index >= 15 is 0 Å². The first kappa shape index (κ1) is 22.9. The van der Waals surface area contributed by atoms with E-state index in [1.165, 1.54) is 0 Å². The van der Waals surface area contributed by atoms with Crippen LogP contribution in [0.1, 0.15) is 16.3 Å². The maximum atomic E-state index is 12.2. The molecule has 3 aromatic rings. The molecule has 8 nitrogen and oxygen atoms in total. The van der Waals surface area contributed by atoms with E-state index in [2.05, 4.69) is 30.1 Å². The summed E-state index contributed by atoms with van der Waals surface area (Å²) in [5.74, 6) is 1.43. The fourth-order valence-corrected chi connectivity index (χ4v) is 4.13. The lowest BCUT2D eigenvalue weighted by Gasteiger charge is -2.34. The molecule has 1 aromatic carbocycles. The molecule has 2 aromatic heterocycles. The van der Waals surface area contributed by atoms with Crippen LogP contribution in [0.4, 0.5) is 5.95 Å². The summed E-state index contributed by atoms with van der Waals surface area (Å²) in [4.78, 5) is 29.8. The highest BCUT2D eigenvalue weighted by Crippen LogP contribution is 2.17. The normalized spacial score (nSPS) is 14.5. The monoisotopic (exact) mass is 464 g/mol. The molecular weight excluding hydrogens is 436 g/mol. The van der Waals surface area contributed by atoms with Crippen molar-refractivity contribution in [2.45, 2.75) is 13.5 Å². The molecule has 1 amide bonds. The van der Waals surface area contributed by atoms with E-state index in [4.69, 9.17) is 4.74 Å². The van der Waals surface area contributed by atoms with E-state index in [-0.39, 0.29) is 5.91 Å². The van der Waals surface area contributed by atoms with Gasteiger partial charge in [0.1, 0.15) is 12.4 Å². The molecule has 4 rings (SSSR count). The Morgan fingerprint density at radius 3 is 2.76 bits per heavy atom. The third-order valence-electron chi connectivity index (χ3n) is 5.27. The maximum Gasteiger partial charge on any atom is 0.244 e. The second-order valence-corrected chi connectivity index (χ2v) is 8.78. The van der Waals surface area contributed by atoms with Crippen molar-refractivity contribution in [1.82, 2.24) is 25.2 Å². The van der Waals surface area contributed by atoms with E-state index < -0.39 is 0 Å². The zero-order valence-electron chi connectivity index (χ0n) is 18.7. The number of aryl methyl sites for hydroxylation is 1. The van der Waals surface area contributed by atoms with E-state index in [1.54, 1.807) is 35.9 Å². The van der Waals surface area contributed by atoms with Crippen LogP contribution in [0.2, 0.25) is 0 Å². The standard InChI is InChI=1S/C24H28N6O2S/c1-19-28-21(18-33-19)17-32-22-5-2-4-20(16-22)6-7-23(31)25-10-11-29-12-14-30(15-13-29)24-26-8-3-9-27-24/h2-9,16,18H,10-15,17H2,1H3,(H,25,31)/b7-6+. The first-order valence-electron chi connectivity index (χ1n) is 11.0. The number of amides is 1. The van der Waals surface area contributed by atoms with Crippen LogP contribution in [0, 0.1) is 6.92 Å². The smallest absolute Gasteiger partial charge is 0.244 e. The summed E-state index contributed by atoms with van der Waals surface area (Å²) >= 11 is 1.61. The van der Waals surface area contributed by atoms with Gasteiger partial charge >= 0.3 is 0 Å². The first-order chi connectivity index (χ1) is 16.2. The number of ether oxygens (including phenoxy) is 1. The zero-order valence-corrected chi connectivity index (χ0v) is 19.5. The average molecular weight is 465 g/mol. The number of carbonyl (C=O) groups excluding carboxylic acids is 1. The van der Waals surface area contributed by atoms with Crippen LogP contribution >= 0.6 is 11.3 Å². The molecule has 1 N–H and O–H groups in total. The summed E-state index contributed by atoms with van der Waals surface area (Å²) < 4.78 is 5.81. The topological polar surface area (TPSA) is 83.5 Å². The number of piperazine rings is 1. The summed E-state index contributed by atoms with van der Waals surface area (Å²) in [5.41, 5.74) is 1.84. The Bertz CT molecular complexity index is 1060. The minimum atomic E-state index is -0.101. The van der Waals surface area contributed by atoms with Gasteiger partial charge in [0.15, 0.2) is 0 Å². The van der Waals surface area contributed by atoms with Crippen molar-refractivity contribution in [3.63, 3.8) is 0 Å². The predicted octanol–water partition coefficient (Wildman–Crippen LogP) is 2.77. The average Bonchev–Trinajstić information content (AvgIpc) is 3.28.